The molecule has 0 amide bonds. The summed E-state index contributed by atoms with van der Waals surface area (Å²) in [5.41, 5.74) is 1.68. The van der Waals surface area contributed by atoms with Gasteiger partial charge in [-0.2, -0.15) is 0 Å². The van der Waals surface area contributed by atoms with Crippen molar-refractivity contribution in [2.24, 2.45) is 0 Å². The maximum atomic E-state index is 2.42. The lowest BCUT2D eigenvalue weighted by atomic mass is 10.0. The highest BCUT2D eigenvalue weighted by atomic mass is 32.1. The van der Waals surface area contributed by atoms with Crippen molar-refractivity contribution in [3.05, 3.63) is 21.9 Å². The van der Waals surface area contributed by atoms with E-state index in [1.165, 1.54) is 167 Å². The maximum absolute atomic E-state index is 2.42. The van der Waals surface area contributed by atoms with Crippen molar-refractivity contribution in [2.45, 2.75) is 181 Å². The zero-order chi connectivity index (χ0) is 23.7. The first-order valence-electron chi connectivity index (χ1n) is 15.4. The lowest BCUT2D eigenvalue weighted by Gasteiger charge is -2.06. The first-order chi connectivity index (χ1) is 16.4. The second-order valence-corrected chi connectivity index (χ2v) is 11.6. The fraction of sp³-hybridized carbons (Fsp3) is 0.875. The molecular formula is C32H60S. The van der Waals surface area contributed by atoms with Crippen molar-refractivity contribution in [1.82, 2.24) is 0 Å². The fourth-order valence-corrected chi connectivity index (χ4v) is 6.07. The van der Waals surface area contributed by atoms with E-state index in [1.807, 2.05) is 11.3 Å². The molecule has 1 aromatic rings. The van der Waals surface area contributed by atoms with Gasteiger partial charge in [0.05, 0.1) is 0 Å². The van der Waals surface area contributed by atoms with Crippen LogP contribution in [0.3, 0.4) is 0 Å². The van der Waals surface area contributed by atoms with Crippen molar-refractivity contribution in [3.8, 4) is 0 Å². The van der Waals surface area contributed by atoms with Crippen molar-refractivity contribution in [3.63, 3.8) is 0 Å². The average molecular weight is 477 g/mol. The van der Waals surface area contributed by atoms with Crippen molar-refractivity contribution < 1.29 is 0 Å². The Morgan fingerprint density at radius 3 is 1.15 bits per heavy atom. The monoisotopic (exact) mass is 476 g/mol. The Balaban J connectivity index is 1.89. The van der Waals surface area contributed by atoms with Gasteiger partial charge in [-0.05, 0) is 42.7 Å². The number of aryl methyl sites for hydroxylation is 2. The number of thiophene rings is 1. The lowest BCUT2D eigenvalue weighted by Crippen LogP contribution is -1.91. The second kappa shape index (κ2) is 24.8. The minimum Gasteiger partial charge on any atom is -0.149 e. The second-order valence-electron chi connectivity index (χ2n) is 10.6. The SMILES string of the molecule is CCCCCCCCCCCCCCc1ccsc1CCCCCCCCCCCCCC. The van der Waals surface area contributed by atoms with Crippen LogP contribution in [-0.4, -0.2) is 0 Å². The molecule has 0 aliphatic rings. The van der Waals surface area contributed by atoms with E-state index in [0.29, 0.717) is 0 Å². The van der Waals surface area contributed by atoms with E-state index in [0.717, 1.165) is 0 Å². The van der Waals surface area contributed by atoms with Gasteiger partial charge in [0.2, 0.25) is 0 Å². The summed E-state index contributed by atoms with van der Waals surface area (Å²) in [6.07, 6.45) is 37.4. The van der Waals surface area contributed by atoms with Crippen LogP contribution in [0, 0.1) is 0 Å². The first-order valence-corrected chi connectivity index (χ1v) is 16.3. The van der Waals surface area contributed by atoms with Crippen molar-refractivity contribution in [2.75, 3.05) is 0 Å². The quantitative estimate of drug-likeness (QED) is 0.117. The Labute approximate surface area is 213 Å². The first kappa shape index (κ1) is 30.7. The van der Waals surface area contributed by atoms with Crippen LogP contribution in [0.15, 0.2) is 11.4 Å². The fourth-order valence-electron chi connectivity index (χ4n) is 5.09. The van der Waals surface area contributed by atoms with Gasteiger partial charge in [0.25, 0.3) is 0 Å². The van der Waals surface area contributed by atoms with E-state index in [4.69, 9.17) is 0 Å². The van der Waals surface area contributed by atoms with Crippen LogP contribution in [0.4, 0.5) is 0 Å². The molecule has 0 aliphatic heterocycles. The lowest BCUT2D eigenvalue weighted by molar-refractivity contribution is 0.542. The highest BCUT2D eigenvalue weighted by molar-refractivity contribution is 7.10. The molecule has 194 valence electrons. The summed E-state index contributed by atoms with van der Waals surface area (Å²) in [4.78, 5) is 1.70. The third-order valence-electron chi connectivity index (χ3n) is 7.39. The van der Waals surface area contributed by atoms with Gasteiger partial charge >= 0.3 is 0 Å². The van der Waals surface area contributed by atoms with Gasteiger partial charge in [0.15, 0.2) is 0 Å². The number of rotatable bonds is 26. The molecule has 0 saturated carbocycles. The van der Waals surface area contributed by atoms with E-state index < -0.39 is 0 Å². The number of hydrogen-bond donors (Lipinski definition) is 0. The molecule has 0 nitrogen and oxygen atoms in total. The Hall–Kier alpha value is -0.300. The highest BCUT2D eigenvalue weighted by Gasteiger charge is 2.04. The van der Waals surface area contributed by atoms with E-state index in [-0.39, 0.29) is 0 Å². The van der Waals surface area contributed by atoms with Crippen LogP contribution in [0.25, 0.3) is 0 Å². The minimum absolute atomic E-state index is 1.33. The summed E-state index contributed by atoms with van der Waals surface area (Å²) < 4.78 is 0. The van der Waals surface area contributed by atoms with E-state index >= 15 is 0 Å². The normalized spacial score (nSPS) is 11.5. The van der Waals surface area contributed by atoms with E-state index in [1.54, 1.807) is 10.4 Å². The molecule has 33 heavy (non-hydrogen) atoms. The third kappa shape index (κ3) is 19.7. The Morgan fingerprint density at radius 2 is 0.758 bits per heavy atom. The summed E-state index contributed by atoms with van der Waals surface area (Å²) in [5.74, 6) is 0. The van der Waals surface area contributed by atoms with Gasteiger partial charge in [-0.15, -0.1) is 11.3 Å². The minimum atomic E-state index is 1.33. The molecule has 1 heteroatoms. The molecule has 0 N–H and O–H groups in total. The highest BCUT2D eigenvalue weighted by Crippen LogP contribution is 2.23. The molecule has 1 aromatic heterocycles. The number of hydrogen-bond acceptors (Lipinski definition) is 1. The van der Waals surface area contributed by atoms with Gasteiger partial charge < -0.3 is 0 Å². The Morgan fingerprint density at radius 1 is 0.424 bits per heavy atom. The van der Waals surface area contributed by atoms with Crippen LogP contribution < -0.4 is 0 Å². The molecular weight excluding hydrogens is 416 g/mol. The van der Waals surface area contributed by atoms with Crippen molar-refractivity contribution in [1.29, 1.82) is 0 Å². The molecule has 0 unspecified atom stereocenters. The Kier molecular flexibility index (Phi) is 23.1. The van der Waals surface area contributed by atoms with Gasteiger partial charge in [-0.1, -0.05) is 155 Å². The smallest absolute Gasteiger partial charge is 0.00772 e. The van der Waals surface area contributed by atoms with Gasteiger partial charge in [0, 0.05) is 4.88 Å². The average Bonchev–Trinajstić information content (AvgIpc) is 3.27. The van der Waals surface area contributed by atoms with Crippen LogP contribution in [-0.2, 0) is 12.8 Å². The summed E-state index contributed by atoms with van der Waals surface area (Å²) in [5, 5.41) is 2.34. The van der Waals surface area contributed by atoms with Gasteiger partial charge in [-0.3, -0.25) is 0 Å². The molecule has 0 aliphatic carbocycles. The standard InChI is InChI=1S/C32H60S/c1-3-5-7-9-11-13-15-17-19-21-23-25-27-31-29-30-33-32(31)28-26-24-22-20-18-16-14-12-10-8-6-4-2/h29-30H,3-28H2,1-2H3. The Bertz CT molecular complexity index is 446. The van der Waals surface area contributed by atoms with Crippen LogP contribution >= 0.6 is 11.3 Å². The predicted molar refractivity (Wildman–Crippen MR) is 154 cm³/mol. The number of unbranched alkanes of at least 4 members (excludes halogenated alkanes) is 22. The topological polar surface area (TPSA) is 0 Å². The maximum Gasteiger partial charge on any atom is 0.00772 e. The molecule has 0 atom stereocenters. The molecule has 0 radical (unpaired) electrons. The van der Waals surface area contributed by atoms with Crippen LogP contribution in [0.2, 0.25) is 0 Å². The zero-order valence-corrected chi connectivity index (χ0v) is 23.8. The van der Waals surface area contributed by atoms with Crippen LogP contribution in [0.1, 0.15) is 178 Å². The third-order valence-corrected chi connectivity index (χ3v) is 8.42. The zero-order valence-electron chi connectivity index (χ0n) is 22.9. The summed E-state index contributed by atoms with van der Waals surface area (Å²) in [6.45, 7) is 4.61. The summed E-state index contributed by atoms with van der Waals surface area (Å²) in [7, 11) is 0. The van der Waals surface area contributed by atoms with E-state index in [9.17, 15) is 0 Å². The molecule has 0 bridgehead atoms. The summed E-state index contributed by atoms with van der Waals surface area (Å²) in [6, 6.07) is 2.42. The molecule has 0 aromatic carbocycles. The predicted octanol–water partition coefficient (Wildman–Crippen LogP) is 12.2. The van der Waals surface area contributed by atoms with Crippen molar-refractivity contribution >= 4 is 11.3 Å². The molecule has 0 saturated heterocycles. The molecule has 1 rings (SSSR count). The van der Waals surface area contributed by atoms with Crippen LogP contribution in [0.5, 0.6) is 0 Å². The molecule has 1 heterocycles. The molecule has 0 spiro atoms. The largest absolute Gasteiger partial charge is 0.149 e. The van der Waals surface area contributed by atoms with Gasteiger partial charge in [-0.25, -0.2) is 0 Å². The van der Waals surface area contributed by atoms with Gasteiger partial charge in [0.1, 0.15) is 0 Å². The molecule has 0 fully saturated rings. The summed E-state index contributed by atoms with van der Waals surface area (Å²) >= 11 is 2.02. The van der Waals surface area contributed by atoms with E-state index in [2.05, 4.69) is 25.3 Å².